The zero-order valence-corrected chi connectivity index (χ0v) is 20.1. The van der Waals surface area contributed by atoms with Gasteiger partial charge < -0.3 is 10.6 Å². The molecule has 0 saturated carbocycles. The van der Waals surface area contributed by atoms with E-state index in [1.165, 1.54) is 10.4 Å². The molecule has 1 aromatic heterocycles. The summed E-state index contributed by atoms with van der Waals surface area (Å²) >= 11 is 1.72. The molecule has 0 radical (unpaired) electrons. The van der Waals surface area contributed by atoms with Crippen LogP contribution in [0.2, 0.25) is 0 Å². The highest BCUT2D eigenvalue weighted by Crippen LogP contribution is 2.17. The van der Waals surface area contributed by atoms with E-state index < -0.39 is 0 Å². The molecule has 0 saturated heterocycles. The summed E-state index contributed by atoms with van der Waals surface area (Å²) in [7, 11) is 2.16. The third-order valence-corrected chi connectivity index (χ3v) is 5.37. The highest BCUT2D eigenvalue weighted by atomic mass is 127. The number of aryl methyl sites for hydroxylation is 2. The van der Waals surface area contributed by atoms with Crippen molar-refractivity contribution in [2.24, 2.45) is 4.99 Å². The van der Waals surface area contributed by atoms with Crippen LogP contribution in [0, 0.1) is 13.8 Å². The SMILES string of the molecule is CCNC(=NCc1sc(C)nc1C)NCC(C)N(C)Cc1ccccc1.I. The maximum atomic E-state index is 4.72. The van der Waals surface area contributed by atoms with E-state index in [1.54, 1.807) is 11.3 Å². The number of likely N-dealkylation sites (N-methyl/N-ethyl adjacent to an activating group) is 1. The van der Waals surface area contributed by atoms with E-state index in [9.17, 15) is 0 Å². The smallest absolute Gasteiger partial charge is 0.191 e. The van der Waals surface area contributed by atoms with Crippen LogP contribution < -0.4 is 10.6 Å². The van der Waals surface area contributed by atoms with Crippen molar-refractivity contribution in [1.29, 1.82) is 0 Å². The normalized spacial score (nSPS) is 12.6. The lowest BCUT2D eigenvalue weighted by Crippen LogP contribution is -2.44. The first-order valence-electron chi connectivity index (χ1n) is 9.18. The first-order valence-corrected chi connectivity index (χ1v) is 10.0. The predicted octanol–water partition coefficient (Wildman–Crippen LogP) is 3.95. The molecule has 0 aliphatic heterocycles. The van der Waals surface area contributed by atoms with Gasteiger partial charge in [-0.2, -0.15) is 0 Å². The molecule has 1 aromatic carbocycles. The summed E-state index contributed by atoms with van der Waals surface area (Å²) in [5, 5.41) is 7.89. The second-order valence-corrected chi connectivity index (χ2v) is 7.86. The van der Waals surface area contributed by atoms with Crippen LogP contribution in [-0.2, 0) is 13.1 Å². The number of hydrogen-bond donors (Lipinski definition) is 2. The standard InChI is InChI=1S/C20H31N5S.HI/c1-6-21-20(23-13-19-16(3)24-17(4)26-19)22-12-15(2)25(5)14-18-10-8-7-9-11-18;/h7-11,15H,6,12-14H2,1-5H3,(H2,21,22,23);1H. The van der Waals surface area contributed by atoms with Gasteiger partial charge in [0.2, 0.25) is 0 Å². The number of nitrogens with one attached hydrogen (secondary N) is 2. The molecule has 7 heteroatoms. The molecule has 1 unspecified atom stereocenters. The molecule has 5 nitrogen and oxygen atoms in total. The molecule has 150 valence electrons. The summed E-state index contributed by atoms with van der Waals surface area (Å²) in [5.41, 5.74) is 2.42. The second-order valence-electron chi connectivity index (χ2n) is 6.57. The third kappa shape index (κ3) is 8.15. The molecular weight excluding hydrogens is 469 g/mol. The number of rotatable bonds is 8. The van der Waals surface area contributed by atoms with Gasteiger partial charge in [-0.15, -0.1) is 35.3 Å². The fourth-order valence-corrected chi connectivity index (χ4v) is 3.50. The minimum Gasteiger partial charge on any atom is -0.357 e. The van der Waals surface area contributed by atoms with Crippen molar-refractivity contribution in [1.82, 2.24) is 20.5 Å². The molecule has 0 spiro atoms. The topological polar surface area (TPSA) is 52.6 Å². The van der Waals surface area contributed by atoms with Gasteiger partial charge in [0.15, 0.2) is 5.96 Å². The minimum atomic E-state index is 0. The predicted molar refractivity (Wildman–Crippen MR) is 127 cm³/mol. The number of thiazole rings is 1. The van der Waals surface area contributed by atoms with Gasteiger partial charge in [-0.1, -0.05) is 30.3 Å². The van der Waals surface area contributed by atoms with Gasteiger partial charge in [-0.05, 0) is 40.3 Å². The summed E-state index contributed by atoms with van der Waals surface area (Å²) < 4.78 is 0. The van der Waals surface area contributed by atoms with E-state index >= 15 is 0 Å². The molecule has 0 aliphatic carbocycles. The highest BCUT2D eigenvalue weighted by Gasteiger charge is 2.11. The van der Waals surface area contributed by atoms with E-state index in [2.05, 4.69) is 78.7 Å². The molecule has 2 N–H and O–H groups in total. The lowest BCUT2D eigenvalue weighted by Gasteiger charge is -2.25. The van der Waals surface area contributed by atoms with Crippen molar-refractivity contribution in [3.63, 3.8) is 0 Å². The average Bonchev–Trinajstić information content (AvgIpc) is 2.95. The molecule has 0 amide bonds. The van der Waals surface area contributed by atoms with Gasteiger partial charge >= 0.3 is 0 Å². The molecule has 1 atom stereocenters. The van der Waals surface area contributed by atoms with E-state index in [1.807, 2.05) is 6.92 Å². The van der Waals surface area contributed by atoms with Crippen LogP contribution >= 0.6 is 35.3 Å². The number of hydrogen-bond acceptors (Lipinski definition) is 4. The van der Waals surface area contributed by atoms with Crippen molar-refractivity contribution in [2.75, 3.05) is 20.1 Å². The van der Waals surface area contributed by atoms with Crippen molar-refractivity contribution in [3.05, 3.63) is 51.5 Å². The van der Waals surface area contributed by atoms with Crippen LogP contribution in [-0.4, -0.2) is 42.0 Å². The van der Waals surface area contributed by atoms with E-state index in [4.69, 9.17) is 4.99 Å². The average molecular weight is 501 g/mol. The van der Waals surface area contributed by atoms with Gasteiger partial charge in [0.05, 0.1) is 17.2 Å². The fraction of sp³-hybridized carbons (Fsp3) is 0.500. The first-order chi connectivity index (χ1) is 12.5. The Morgan fingerprint density at radius 3 is 2.52 bits per heavy atom. The molecule has 2 aromatic rings. The Hall–Kier alpha value is -1.19. The Kier molecular flexibility index (Phi) is 10.9. The molecule has 0 bridgehead atoms. The lowest BCUT2D eigenvalue weighted by molar-refractivity contribution is 0.249. The Balaban J connectivity index is 0.00000364. The van der Waals surface area contributed by atoms with Gasteiger partial charge in [-0.3, -0.25) is 4.90 Å². The zero-order chi connectivity index (χ0) is 18.9. The highest BCUT2D eigenvalue weighted by molar-refractivity contribution is 14.0. The van der Waals surface area contributed by atoms with Gasteiger partial charge in [0.25, 0.3) is 0 Å². The van der Waals surface area contributed by atoms with E-state index in [-0.39, 0.29) is 24.0 Å². The van der Waals surface area contributed by atoms with Crippen molar-refractivity contribution < 1.29 is 0 Å². The molecule has 2 rings (SSSR count). The first kappa shape index (κ1) is 23.8. The fourth-order valence-electron chi connectivity index (χ4n) is 2.64. The molecule has 27 heavy (non-hydrogen) atoms. The van der Waals surface area contributed by atoms with Gasteiger partial charge in [0.1, 0.15) is 0 Å². The maximum Gasteiger partial charge on any atom is 0.191 e. The van der Waals surface area contributed by atoms with Gasteiger partial charge in [0, 0.05) is 30.6 Å². The number of nitrogens with zero attached hydrogens (tertiary/aromatic N) is 3. The maximum absolute atomic E-state index is 4.72. The number of benzene rings is 1. The number of aromatic nitrogens is 1. The summed E-state index contributed by atoms with van der Waals surface area (Å²) in [5.74, 6) is 0.859. The Morgan fingerprint density at radius 2 is 1.93 bits per heavy atom. The lowest BCUT2D eigenvalue weighted by atomic mass is 10.2. The Bertz CT molecular complexity index is 702. The van der Waals surface area contributed by atoms with Crippen LogP contribution in [0.5, 0.6) is 0 Å². The minimum absolute atomic E-state index is 0. The second kappa shape index (κ2) is 12.3. The monoisotopic (exact) mass is 501 g/mol. The van der Waals surface area contributed by atoms with Crippen LogP contribution in [0.25, 0.3) is 0 Å². The van der Waals surface area contributed by atoms with Crippen molar-refractivity contribution in [2.45, 2.75) is 46.8 Å². The summed E-state index contributed by atoms with van der Waals surface area (Å²) in [4.78, 5) is 12.8. The van der Waals surface area contributed by atoms with E-state index in [0.29, 0.717) is 12.6 Å². The van der Waals surface area contributed by atoms with Crippen molar-refractivity contribution in [3.8, 4) is 0 Å². The van der Waals surface area contributed by atoms with Crippen LogP contribution in [0.1, 0.15) is 35.0 Å². The van der Waals surface area contributed by atoms with Crippen LogP contribution in [0.15, 0.2) is 35.3 Å². The van der Waals surface area contributed by atoms with E-state index in [0.717, 1.165) is 36.3 Å². The third-order valence-electron chi connectivity index (χ3n) is 4.32. The van der Waals surface area contributed by atoms with Crippen LogP contribution in [0.4, 0.5) is 0 Å². The Labute approximate surface area is 184 Å². The zero-order valence-electron chi connectivity index (χ0n) is 17.0. The van der Waals surface area contributed by atoms with Crippen LogP contribution in [0.3, 0.4) is 0 Å². The molecule has 0 fully saturated rings. The molecular formula is C20H32IN5S. The summed E-state index contributed by atoms with van der Waals surface area (Å²) in [6.45, 7) is 11.7. The number of halogens is 1. The summed E-state index contributed by atoms with van der Waals surface area (Å²) in [6, 6.07) is 11.0. The number of guanidine groups is 1. The van der Waals surface area contributed by atoms with Crippen molar-refractivity contribution >= 4 is 41.3 Å². The quantitative estimate of drug-likeness (QED) is 0.327. The summed E-state index contributed by atoms with van der Waals surface area (Å²) in [6.07, 6.45) is 0. The largest absolute Gasteiger partial charge is 0.357 e. The van der Waals surface area contributed by atoms with Gasteiger partial charge in [-0.25, -0.2) is 9.98 Å². The molecule has 0 aliphatic rings. The Morgan fingerprint density at radius 1 is 1.22 bits per heavy atom. The number of aliphatic imine (C=N–C) groups is 1. The molecule has 1 heterocycles.